The van der Waals surface area contributed by atoms with Crippen molar-refractivity contribution in [2.24, 2.45) is 0 Å². The van der Waals surface area contributed by atoms with Crippen LogP contribution in [0.25, 0.3) is 23.1 Å². The van der Waals surface area contributed by atoms with E-state index in [1.807, 2.05) is 66.7 Å². The van der Waals surface area contributed by atoms with Gasteiger partial charge in [0.15, 0.2) is 0 Å². The Hall–Kier alpha value is -3.39. The van der Waals surface area contributed by atoms with Crippen molar-refractivity contribution in [2.45, 2.75) is 6.61 Å². The van der Waals surface area contributed by atoms with Gasteiger partial charge in [-0.25, -0.2) is 4.98 Å². The zero-order valence-electron chi connectivity index (χ0n) is 14.4. The zero-order valence-corrected chi connectivity index (χ0v) is 14.4. The summed E-state index contributed by atoms with van der Waals surface area (Å²) in [4.78, 5) is 4.67. The number of ether oxygens (including phenoxy) is 1. The molecule has 2 nitrogen and oxygen atoms in total. The molecule has 126 valence electrons. The molecule has 2 heteroatoms. The van der Waals surface area contributed by atoms with E-state index >= 15 is 0 Å². The summed E-state index contributed by atoms with van der Waals surface area (Å²) >= 11 is 0. The number of fused-ring (bicyclic) bond motifs is 1. The molecular formula is C24H19NO. The summed E-state index contributed by atoms with van der Waals surface area (Å²) < 4.78 is 5.89. The van der Waals surface area contributed by atoms with Gasteiger partial charge in [0.05, 0.1) is 11.2 Å². The first-order valence-electron chi connectivity index (χ1n) is 8.67. The third-order valence-electron chi connectivity index (χ3n) is 4.17. The average Bonchev–Trinajstić information content (AvgIpc) is 2.72. The van der Waals surface area contributed by atoms with Gasteiger partial charge < -0.3 is 4.74 Å². The van der Waals surface area contributed by atoms with Crippen LogP contribution in [-0.2, 0) is 6.61 Å². The normalized spacial score (nSPS) is 11.1. The lowest BCUT2D eigenvalue weighted by atomic mass is 10.1. The molecule has 0 radical (unpaired) electrons. The third-order valence-corrected chi connectivity index (χ3v) is 4.17. The SMILES string of the molecule is C(=Cc1ccc2ccccc2n1)c1cccc(OCc2ccccc2)c1. The molecule has 0 atom stereocenters. The van der Waals surface area contributed by atoms with E-state index in [9.17, 15) is 0 Å². The molecule has 0 aliphatic rings. The van der Waals surface area contributed by atoms with Crippen LogP contribution >= 0.6 is 0 Å². The van der Waals surface area contributed by atoms with Crippen LogP contribution in [0.2, 0.25) is 0 Å². The Morgan fingerprint density at radius 1 is 0.731 bits per heavy atom. The minimum atomic E-state index is 0.570. The first kappa shape index (κ1) is 16.1. The lowest BCUT2D eigenvalue weighted by Crippen LogP contribution is -1.94. The van der Waals surface area contributed by atoms with Crippen molar-refractivity contribution in [1.82, 2.24) is 4.98 Å². The van der Waals surface area contributed by atoms with E-state index in [2.05, 4.69) is 41.4 Å². The van der Waals surface area contributed by atoms with Gasteiger partial charge in [-0.3, -0.25) is 0 Å². The van der Waals surface area contributed by atoms with E-state index in [1.165, 1.54) is 0 Å². The highest BCUT2D eigenvalue weighted by molar-refractivity contribution is 5.80. The summed E-state index contributed by atoms with van der Waals surface area (Å²) in [5.41, 5.74) is 4.20. The highest BCUT2D eigenvalue weighted by Crippen LogP contribution is 2.18. The summed E-state index contributed by atoms with van der Waals surface area (Å²) in [6.45, 7) is 0.570. The van der Waals surface area contributed by atoms with Crippen LogP contribution in [0, 0.1) is 0 Å². The van der Waals surface area contributed by atoms with Crippen molar-refractivity contribution in [1.29, 1.82) is 0 Å². The van der Waals surface area contributed by atoms with E-state index in [1.54, 1.807) is 0 Å². The van der Waals surface area contributed by atoms with Crippen LogP contribution in [-0.4, -0.2) is 4.98 Å². The molecule has 0 unspecified atom stereocenters. The van der Waals surface area contributed by atoms with Gasteiger partial charge in [-0.1, -0.05) is 72.8 Å². The van der Waals surface area contributed by atoms with Crippen LogP contribution < -0.4 is 4.74 Å². The lowest BCUT2D eigenvalue weighted by molar-refractivity contribution is 0.306. The van der Waals surface area contributed by atoms with Crippen LogP contribution in [0.4, 0.5) is 0 Å². The minimum Gasteiger partial charge on any atom is -0.489 e. The van der Waals surface area contributed by atoms with Gasteiger partial charge >= 0.3 is 0 Å². The van der Waals surface area contributed by atoms with Crippen molar-refractivity contribution in [2.75, 3.05) is 0 Å². The number of benzene rings is 3. The molecule has 0 amide bonds. The monoisotopic (exact) mass is 337 g/mol. The highest BCUT2D eigenvalue weighted by Gasteiger charge is 1.98. The quantitative estimate of drug-likeness (QED) is 0.446. The molecular weight excluding hydrogens is 318 g/mol. The number of aromatic nitrogens is 1. The smallest absolute Gasteiger partial charge is 0.120 e. The molecule has 0 aliphatic heterocycles. The van der Waals surface area contributed by atoms with Gasteiger partial charge in [0.25, 0.3) is 0 Å². The maximum absolute atomic E-state index is 5.89. The average molecular weight is 337 g/mol. The molecule has 0 saturated carbocycles. The summed E-state index contributed by atoms with van der Waals surface area (Å²) in [5, 5.41) is 1.15. The predicted molar refractivity (Wildman–Crippen MR) is 108 cm³/mol. The van der Waals surface area contributed by atoms with E-state index < -0.39 is 0 Å². The molecule has 0 bridgehead atoms. The Kier molecular flexibility index (Phi) is 4.74. The largest absolute Gasteiger partial charge is 0.489 e. The first-order chi connectivity index (χ1) is 12.9. The Morgan fingerprint density at radius 3 is 2.50 bits per heavy atom. The fourth-order valence-corrected chi connectivity index (χ4v) is 2.81. The number of hydrogen-bond donors (Lipinski definition) is 0. The van der Waals surface area contributed by atoms with Crippen molar-refractivity contribution in [3.05, 3.63) is 108 Å². The van der Waals surface area contributed by atoms with Crippen LogP contribution in [0.1, 0.15) is 16.8 Å². The van der Waals surface area contributed by atoms with E-state index in [0.717, 1.165) is 33.5 Å². The van der Waals surface area contributed by atoms with Gasteiger partial charge in [0, 0.05) is 5.39 Å². The molecule has 1 aromatic heterocycles. The van der Waals surface area contributed by atoms with Gasteiger partial charge in [0.1, 0.15) is 12.4 Å². The van der Waals surface area contributed by atoms with Crippen LogP contribution in [0.3, 0.4) is 0 Å². The molecule has 26 heavy (non-hydrogen) atoms. The Bertz CT molecular complexity index is 1040. The molecule has 0 spiro atoms. The van der Waals surface area contributed by atoms with Crippen molar-refractivity contribution >= 4 is 23.1 Å². The van der Waals surface area contributed by atoms with Gasteiger partial charge in [0.2, 0.25) is 0 Å². The van der Waals surface area contributed by atoms with Crippen molar-refractivity contribution < 1.29 is 4.74 Å². The number of hydrogen-bond acceptors (Lipinski definition) is 2. The maximum Gasteiger partial charge on any atom is 0.120 e. The second kappa shape index (κ2) is 7.66. The Labute approximate surface area is 153 Å². The fraction of sp³-hybridized carbons (Fsp3) is 0.0417. The number of para-hydroxylation sites is 1. The van der Waals surface area contributed by atoms with Gasteiger partial charge in [-0.15, -0.1) is 0 Å². The molecule has 3 aromatic carbocycles. The second-order valence-electron chi connectivity index (χ2n) is 6.11. The summed E-state index contributed by atoms with van der Waals surface area (Å²) in [6.07, 6.45) is 4.09. The molecule has 0 fully saturated rings. The Morgan fingerprint density at radius 2 is 1.58 bits per heavy atom. The summed E-state index contributed by atoms with van der Waals surface area (Å²) in [6, 6.07) is 30.6. The summed E-state index contributed by atoms with van der Waals surface area (Å²) in [7, 11) is 0. The van der Waals surface area contributed by atoms with Gasteiger partial charge in [-0.05, 0) is 41.5 Å². The minimum absolute atomic E-state index is 0.570. The topological polar surface area (TPSA) is 22.1 Å². The third kappa shape index (κ3) is 3.98. The molecule has 0 aliphatic carbocycles. The van der Waals surface area contributed by atoms with Crippen molar-refractivity contribution in [3.8, 4) is 5.75 Å². The van der Waals surface area contributed by atoms with Crippen LogP contribution in [0.5, 0.6) is 5.75 Å². The summed E-state index contributed by atoms with van der Waals surface area (Å²) in [5.74, 6) is 0.863. The molecule has 4 rings (SSSR count). The molecule has 1 heterocycles. The molecule has 0 N–H and O–H groups in total. The fourth-order valence-electron chi connectivity index (χ4n) is 2.81. The first-order valence-corrected chi connectivity index (χ1v) is 8.67. The van der Waals surface area contributed by atoms with Gasteiger partial charge in [-0.2, -0.15) is 0 Å². The zero-order chi connectivity index (χ0) is 17.6. The highest BCUT2D eigenvalue weighted by atomic mass is 16.5. The molecule has 0 saturated heterocycles. The predicted octanol–water partition coefficient (Wildman–Crippen LogP) is 5.98. The van der Waals surface area contributed by atoms with E-state index in [-0.39, 0.29) is 0 Å². The van der Waals surface area contributed by atoms with E-state index in [0.29, 0.717) is 6.61 Å². The number of pyridine rings is 1. The number of rotatable bonds is 5. The standard InChI is InChI=1S/C24H19NO/c1-2-7-20(8-3-1)18-26-23-11-6-9-19(17-23)13-15-22-16-14-21-10-4-5-12-24(21)25-22/h1-17H,18H2. The number of nitrogens with zero attached hydrogens (tertiary/aromatic N) is 1. The van der Waals surface area contributed by atoms with Crippen LogP contribution in [0.15, 0.2) is 91.0 Å². The van der Waals surface area contributed by atoms with Crippen molar-refractivity contribution in [3.63, 3.8) is 0 Å². The molecule has 4 aromatic rings. The Balaban J connectivity index is 1.48. The lowest BCUT2D eigenvalue weighted by Gasteiger charge is -2.07. The second-order valence-corrected chi connectivity index (χ2v) is 6.11. The maximum atomic E-state index is 5.89. The van der Waals surface area contributed by atoms with E-state index in [4.69, 9.17) is 4.74 Å².